The molecule has 32 heavy (non-hydrogen) atoms. The van der Waals surface area contributed by atoms with Gasteiger partial charge in [-0.05, 0) is 37.6 Å². The van der Waals surface area contributed by atoms with E-state index in [1.54, 1.807) is 37.1 Å². The molecule has 10 heteroatoms. The first-order valence-electron chi connectivity index (χ1n) is 10.9. The SMILES string of the molecule is CCN(CC)S(=O)(=O)c1ccc(N2CC(C(=O)NCCCn3ccnc3C)CC2=O)cc1. The van der Waals surface area contributed by atoms with E-state index in [-0.39, 0.29) is 29.7 Å². The van der Waals surface area contributed by atoms with Gasteiger partial charge in [-0.15, -0.1) is 0 Å². The quantitative estimate of drug-likeness (QED) is 0.543. The number of nitrogens with one attached hydrogen (secondary N) is 1. The van der Waals surface area contributed by atoms with Crippen LogP contribution >= 0.6 is 0 Å². The van der Waals surface area contributed by atoms with Gasteiger partial charge >= 0.3 is 0 Å². The van der Waals surface area contributed by atoms with Crippen LogP contribution in [-0.4, -0.2) is 60.3 Å². The number of amides is 2. The number of hydrogen-bond acceptors (Lipinski definition) is 5. The summed E-state index contributed by atoms with van der Waals surface area (Å²) in [4.78, 5) is 30.9. The first kappa shape index (κ1) is 23.9. The van der Waals surface area contributed by atoms with E-state index in [4.69, 9.17) is 0 Å². The number of rotatable bonds is 10. The van der Waals surface area contributed by atoms with Crippen LogP contribution in [0.25, 0.3) is 0 Å². The second kappa shape index (κ2) is 10.3. The van der Waals surface area contributed by atoms with E-state index >= 15 is 0 Å². The zero-order chi connectivity index (χ0) is 23.3. The Morgan fingerprint density at radius 1 is 1.22 bits per heavy atom. The van der Waals surface area contributed by atoms with E-state index in [1.807, 2.05) is 17.7 Å². The van der Waals surface area contributed by atoms with Crippen molar-refractivity contribution < 1.29 is 18.0 Å². The van der Waals surface area contributed by atoms with Crippen molar-refractivity contribution in [3.8, 4) is 0 Å². The summed E-state index contributed by atoms with van der Waals surface area (Å²) in [6.45, 7) is 7.89. The van der Waals surface area contributed by atoms with Crippen LogP contribution in [0.1, 0.15) is 32.5 Å². The minimum Gasteiger partial charge on any atom is -0.356 e. The summed E-state index contributed by atoms with van der Waals surface area (Å²) >= 11 is 0. The van der Waals surface area contributed by atoms with Gasteiger partial charge in [0.1, 0.15) is 5.82 Å². The molecule has 2 amide bonds. The molecule has 1 aliphatic heterocycles. The number of benzene rings is 1. The maximum Gasteiger partial charge on any atom is 0.243 e. The molecular formula is C22H31N5O4S. The lowest BCUT2D eigenvalue weighted by Gasteiger charge is -2.20. The van der Waals surface area contributed by atoms with Gasteiger partial charge in [0.05, 0.1) is 10.8 Å². The second-order valence-electron chi connectivity index (χ2n) is 7.80. The molecular weight excluding hydrogens is 430 g/mol. The van der Waals surface area contributed by atoms with Crippen molar-refractivity contribution in [2.45, 2.75) is 45.1 Å². The average molecular weight is 462 g/mol. The van der Waals surface area contributed by atoms with Crippen molar-refractivity contribution in [2.75, 3.05) is 31.1 Å². The standard InChI is InChI=1S/C22H31N5O4S/c1-4-26(5-2)32(30,31)20-9-7-19(8-10-20)27-16-18(15-21(27)28)22(29)24-11-6-13-25-14-12-23-17(25)3/h7-10,12,14,18H,4-6,11,13,15-16H2,1-3H3,(H,24,29). The van der Waals surface area contributed by atoms with Crippen LogP contribution < -0.4 is 10.2 Å². The molecule has 0 bridgehead atoms. The highest BCUT2D eigenvalue weighted by molar-refractivity contribution is 7.89. The molecule has 0 radical (unpaired) electrons. The number of hydrogen-bond donors (Lipinski definition) is 1. The van der Waals surface area contributed by atoms with Crippen LogP contribution in [0.2, 0.25) is 0 Å². The van der Waals surface area contributed by atoms with Crippen LogP contribution in [0.3, 0.4) is 0 Å². The first-order valence-corrected chi connectivity index (χ1v) is 12.4. The predicted molar refractivity (Wildman–Crippen MR) is 122 cm³/mol. The monoisotopic (exact) mass is 461 g/mol. The molecule has 9 nitrogen and oxygen atoms in total. The molecule has 174 valence electrons. The fourth-order valence-corrected chi connectivity index (χ4v) is 5.35. The summed E-state index contributed by atoms with van der Waals surface area (Å²) < 4.78 is 28.7. The third-order valence-corrected chi connectivity index (χ3v) is 7.85. The number of imidazole rings is 1. The first-order chi connectivity index (χ1) is 15.3. The lowest BCUT2D eigenvalue weighted by molar-refractivity contribution is -0.126. The third kappa shape index (κ3) is 5.18. The van der Waals surface area contributed by atoms with Crippen molar-refractivity contribution in [2.24, 2.45) is 5.92 Å². The highest BCUT2D eigenvalue weighted by Crippen LogP contribution is 2.27. The molecule has 1 fully saturated rings. The molecule has 0 spiro atoms. The van der Waals surface area contributed by atoms with Gasteiger partial charge in [-0.3, -0.25) is 9.59 Å². The number of sulfonamides is 1. The molecule has 1 N–H and O–H groups in total. The normalized spacial score (nSPS) is 16.7. The van der Waals surface area contributed by atoms with Crippen LogP contribution in [0.4, 0.5) is 5.69 Å². The molecule has 1 aromatic heterocycles. The fourth-order valence-electron chi connectivity index (χ4n) is 3.89. The van der Waals surface area contributed by atoms with Gasteiger partial charge in [-0.2, -0.15) is 4.31 Å². The zero-order valence-corrected chi connectivity index (χ0v) is 19.6. The molecule has 0 aliphatic carbocycles. The predicted octanol–water partition coefficient (Wildman–Crippen LogP) is 1.78. The maximum absolute atomic E-state index is 12.6. The van der Waals surface area contributed by atoms with Crippen LogP contribution in [0, 0.1) is 12.8 Å². The van der Waals surface area contributed by atoms with E-state index in [9.17, 15) is 18.0 Å². The van der Waals surface area contributed by atoms with E-state index < -0.39 is 15.9 Å². The van der Waals surface area contributed by atoms with E-state index in [1.165, 1.54) is 16.4 Å². The van der Waals surface area contributed by atoms with Crippen LogP contribution in [0.15, 0.2) is 41.6 Å². The van der Waals surface area contributed by atoms with Gasteiger partial charge in [0.25, 0.3) is 0 Å². The lowest BCUT2D eigenvalue weighted by atomic mass is 10.1. The minimum atomic E-state index is -3.55. The molecule has 1 unspecified atom stereocenters. The number of aromatic nitrogens is 2. The minimum absolute atomic E-state index is 0.135. The largest absolute Gasteiger partial charge is 0.356 e. The summed E-state index contributed by atoms with van der Waals surface area (Å²) in [6.07, 6.45) is 4.57. The molecule has 1 aliphatic rings. The highest BCUT2D eigenvalue weighted by Gasteiger charge is 2.35. The van der Waals surface area contributed by atoms with Crippen molar-refractivity contribution >= 4 is 27.5 Å². The van der Waals surface area contributed by atoms with E-state index in [0.29, 0.717) is 25.3 Å². The van der Waals surface area contributed by atoms with E-state index in [0.717, 1.165) is 18.8 Å². The Labute approximate surface area is 189 Å². The molecule has 1 saturated heterocycles. The molecule has 3 rings (SSSR count). The zero-order valence-electron chi connectivity index (χ0n) is 18.8. The van der Waals surface area contributed by atoms with Gasteiger partial charge in [0, 0.05) is 57.2 Å². The number of carbonyl (C=O) groups excluding carboxylic acids is 2. The Kier molecular flexibility index (Phi) is 7.68. The Morgan fingerprint density at radius 3 is 2.50 bits per heavy atom. The summed E-state index contributed by atoms with van der Waals surface area (Å²) in [6, 6.07) is 6.29. The topological polar surface area (TPSA) is 105 Å². The second-order valence-corrected chi connectivity index (χ2v) is 9.74. The smallest absolute Gasteiger partial charge is 0.243 e. The highest BCUT2D eigenvalue weighted by atomic mass is 32.2. The van der Waals surface area contributed by atoms with Crippen molar-refractivity contribution in [1.29, 1.82) is 0 Å². The van der Waals surface area contributed by atoms with Crippen molar-refractivity contribution in [3.05, 3.63) is 42.5 Å². The summed E-state index contributed by atoms with van der Waals surface area (Å²) in [5, 5.41) is 2.92. The summed E-state index contributed by atoms with van der Waals surface area (Å²) in [5.41, 5.74) is 0.597. The Hall–Kier alpha value is -2.72. The van der Waals surface area contributed by atoms with Gasteiger partial charge in [0.15, 0.2) is 0 Å². The van der Waals surface area contributed by atoms with Gasteiger partial charge < -0.3 is 14.8 Å². The Bertz CT molecular complexity index is 1040. The number of nitrogens with zero attached hydrogens (tertiary/aromatic N) is 4. The van der Waals surface area contributed by atoms with Gasteiger partial charge in [-0.1, -0.05) is 13.8 Å². The van der Waals surface area contributed by atoms with Crippen LogP contribution in [-0.2, 0) is 26.2 Å². The summed E-state index contributed by atoms with van der Waals surface area (Å²) in [7, 11) is -3.55. The maximum atomic E-state index is 12.6. The average Bonchev–Trinajstić information content (AvgIpc) is 3.37. The Balaban J connectivity index is 1.55. The molecule has 0 saturated carbocycles. The summed E-state index contributed by atoms with van der Waals surface area (Å²) in [5.74, 6) is 0.239. The molecule has 2 aromatic rings. The van der Waals surface area contributed by atoms with Gasteiger partial charge in [-0.25, -0.2) is 13.4 Å². The van der Waals surface area contributed by atoms with Gasteiger partial charge in [0.2, 0.25) is 21.8 Å². The molecule has 1 atom stereocenters. The number of aryl methyl sites for hydroxylation is 2. The van der Waals surface area contributed by atoms with Crippen LogP contribution in [0.5, 0.6) is 0 Å². The van der Waals surface area contributed by atoms with Crippen molar-refractivity contribution in [3.63, 3.8) is 0 Å². The van der Waals surface area contributed by atoms with Crippen molar-refractivity contribution in [1.82, 2.24) is 19.2 Å². The number of anilines is 1. The Morgan fingerprint density at radius 2 is 1.91 bits per heavy atom. The third-order valence-electron chi connectivity index (χ3n) is 5.79. The molecule has 1 aromatic carbocycles. The number of carbonyl (C=O) groups is 2. The molecule has 2 heterocycles. The fraction of sp³-hybridized carbons (Fsp3) is 0.500. The van der Waals surface area contributed by atoms with E-state index in [2.05, 4.69) is 10.3 Å². The lowest BCUT2D eigenvalue weighted by Crippen LogP contribution is -2.34.